The van der Waals surface area contributed by atoms with Crippen LogP contribution in [0.3, 0.4) is 0 Å². The summed E-state index contributed by atoms with van der Waals surface area (Å²) in [7, 11) is 1.61. The molecule has 1 N–H and O–H groups in total. The molecule has 0 aliphatic heterocycles. The van der Waals surface area contributed by atoms with Gasteiger partial charge < -0.3 is 19.4 Å². The molecule has 5 nitrogen and oxygen atoms in total. The summed E-state index contributed by atoms with van der Waals surface area (Å²) in [5.74, 6) is 0. The molecule has 0 amide bonds. The van der Waals surface area contributed by atoms with E-state index in [1.807, 2.05) is 30.3 Å². The van der Waals surface area contributed by atoms with Crippen molar-refractivity contribution in [2.75, 3.05) is 27.1 Å². The monoisotopic (exact) mass is 267 g/mol. The van der Waals surface area contributed by atoms with E-state index in [-0.39, 0.29) is 6.79 Å². The first-order valence-corrected chi connectivity index (χ1v) is 6.19. The Bertz CT molecular complexity index is 367. The highest BCUT2D eigenvalue weighted by Crippen LogP contribution is 2.16. The topological polar surface area (TPSA) is 60.3 Å². The van der Waals surface area contributed by atoms with Gasteiger partial charge in [-0.25, -0.2) is 0 Å². The fraction of sp³-hybridized carbons (Fsp3) is 0.500. The zero-order chi connectivity index (χ0) is 13.9. The first-order chi connectivity index (χ1) is 9.24. The van der Waals surface area contributed by atoms with Gasteiger partial charge >= 0.3 is 0 Å². The van der Waals surface area contributed by atoms with Crippen LogP contribution in [0, 0.1) is 0 Å². The number of methoxy groups -OCH3 is 1. The molecule has 0 heterocycles. The van der Waals surface area contributed by atoms with E-state index >= 15 is 0 Å². The molecule has 106 valence electrons. The minimum atomic E-state index is -0.567. The minimum absolute atomic E-state index is 0.0854. The summed E-state index contributed by atoms with van der Waals surface area (Å²) in [6.07, 6.45) is -0.134. The van der Waals surface area contributed by atoms with Crippen LogP contribution >= 0.6 is 0 Å². The number of rotatable bonds is 9. The maximum atomic E-state index is 9.98. The third-order valence-corrected chi connectivity index (χ3v) is 2.46. The fourth-order valence-electron chi connectivity index (χ4n) is 1.49. The van der Waals surface area contributed by atoms with Crippen molar-refractivity contribution >= 4 is 5.71 Å². The molecule has 1 unspecified atom stereocenters. The highest BCUT2D eigenvalue weighted by Gasteiger charge is 2.08. The van der Waals surface area contributed by atoms with E-state index < -0.39 is 6.10 Å². The van der Waals surface area contributed by atoms with Crippen molar-refractivity contribution in [2.24, 2.45) is 5.16 Å². The van der Waals surface area contributed by atoms with Crippen LogP contribution in [0.25, 0.3) is 0 Å². The van der Waals surface area contributed by atoms with Crippen LogP contribution in [0.5, 0.6) is 0 Å². The Labute approximate surface area is 113 Å². The third kappa shape index (κ3) is 6.91. The van der Waals surface area contributed by atoms with Crippen molar-refractivity contribution in [2.45, 2.75) is 19.4 Å². The normalized spacial score (nSPS) is 13.3. The van der Waals surface area contributed by atoms with Crippen molar-refractivity contribution in [3.63, 3.8) is 0 Å². The molecule has 1 aromatic rings. The number of hydrogen-bond donors (Lipinski definition) is 1. The van der Waals surface area contributed by atoms with E-state index in [0.717, 1.165) is 5.56 Å². The Balaban J connectivity index is 2.24. The van der Waals surface area contributed by atoms with E-state index in [9.17, 15) is 5.11 Å². The van der Waals surface area contributed by atoms with Crippen molar-refractivity contribution in [1.29, 1.82) is 0 Å². The van der Waals surface area contributed by atoms with Crippen molar-refractivity contribution in [3.05, 3.63) is 35.9 Å². The molecule has 0 radical (unpaired) electrons. The van der Waals surface area contributed by atoms with Gasteiger partial charge in [0.25, 0.3) is 0 Å². The summed E-state index contributed by atoms with van der Waals surface area (Å²) >= 11 is 0. The molecule has 19 heavy (non-hydrogen) atoms. The molecular weight excluding hydrogens is 246 g/mol. The molecule has 0 fully saturated rings. The molecule has 0 aromatic heterocycles. The van der Waals surface area contributed by atoms with Crippen LogP contribution < -0.4 is 0 Å². The van der Waals surface area contributed by atoms with Crippen LogP contribution in [0.4, 0.5) is 0 Å². The number of benzene rings is 1. The molecular formula is C14H21NO4. The lowest BCUT2D eigenvalue weighted by Gasteiger charge is -2.10. The van der Waals surface area contributed by atoms with Gasteiger partial charge in [-0.15, -0.1) is 0 Å². The number of aliphatic hydroxyl groups is 1. The lowest BCUT2D eigenvalue weighted by molar-refractivity contribution is -0.0647. The van der Waals surface area contributed by atoms with Gasteiger partial charge in [-0.3, -0.25) is 0 Å². The van der Waals surface area contributed by atoms with Gasteiger partial charge in [0, 0.05) is 13.5 Å². The zero-order valence-corrected chi connectivity index (χ0v) is 11.4. The van der Waals surface area contributed by atoms with Gasteiger partial charge in [-0.2, -0.15) is 0 Å². The lowest BCUT2D eigenvalue weighted by atomic mass is 10.1. The molecule has 0 aliphatic rings. The van der Waals surface area contributed by atoms with Crippen molar-refractivity contribution < 1.29 is 19.4 Å². The predicted molar refractivity (Wildman–Crippen MR) is 72.9 cm³/mol. The molecule has 1 aromatic carbocycles. The standard InChI is InChI=1S/C14H21NO4/c1-12(15-19-11-18-9-8-17-2)10-14(16)13-6-4-3-5-7-13/h3-7,14,16H,8-11H2,1-2H3/b15-12+. The average Bonchev–Trinajstić information content (AvgIpc) is 2.43. The van der Waals surface area contributed by atoms with E-state index in [0.29, 0.717) is 25.3 Å². The average molecular weight is 267 g/mol. The molecule has 1 rings (SSSR count). The molecule has 0 saturated carbocycles. The van der Waals surface area contributed by atoms with E-state index in [1.54, 1.807) is 14.0 Å². The summed E-state index contributed by atoms with van der Waals surface area (Å²) in [6, 6.07) is 9.47. The number of ether oxygens (including phenoxy) is 2. The highest BCUT2D eigenvalue weighted by atomic mass is 16.7. The summed E-state index contributed by atoms with van der Waals surface area (Å²) in [6.45, 7) is 2.89. The summed E-state index contributed by atoms with van der Waals surface area (Å²) in [5.41, 5.74) is 1.58. The highest BCUT2D eigenvalue weighted by molar-refractivity contribution is 5.81. The Hall–Kier alpha value is -1.43. The Morgan fingerprint density at radius 1 is 1.26 bits per heavy atom. The SMILES string of the molecule is COCCOCO/N=C(\C)CC(O)c1ccccc1. The van der Waals surface area contributed by atoms with Gasteiger partial charge in [0.2, 0.25) is 6.79 Å². The molecule has 5 heteroatoms. The van der Waals surface area contributed by atoms with Crippen LogP contribution in [0.2, 0.25) is 0 Å². The van der Waals surface area contributed by atoms with E-state index in [1.165, 1.54) is 0 Å². The van der Waals surface area contributed by atoms with Gasteiger partial charge in [-0.1, -0.05) is 35.5 Å². The lowest BCUT2D eigenvalue weighted by Crippen LogP contribution is -2.07. The predicted octanol–water partition coefficient (Wildman–Crippen LogP) is 2.12. The quantitative estimate of drug-likeness (QED) is 0.322. The number of oxime groups is 1. The van der Waals surface area contributed by atoms with Crippen LogP contribution in [-0.2, 0) is 14.3 Å². The van der Waals surface area contributed by atoms with Crippen molar-refractivity contribution in [1.82, 2.24) is 0 Å². The number of aliphatic hydroxyl groups excluding tert-OH is 1. The first kappa shape index (κ1) is 15.6. The molecule has 0 aliphatic carbocycles. The molecule has 0 bridgehead atoms. The summed E-state index contributed by atoms with van der Waals surface area (Å²) in [5, 5.41) is 13.9. The molecule has 0 spiro atoms. The Morgan fingerprint density at radius 3 is 2.68 bits per heavy atom. The zero-order valence-electron chi connectivity index (χ0n) is 11.4. The van der Waals surface area contributed by atoms with Gasteiger partial charge in [-0.05, 0) is 12.5 Å². The van der Waals surface area contributed by atoms with Gasteiger partial charge in [0.05, 0.1) is 25.0 Å². The van der Waals surface area contributed by atoms with Gasteiger partial charge in [0.1, 0.15) is 0 Å². The smallest absolute Gasteiger partial charge is 0.216 e. The molecule has 0 saturated heterocycles. The second-order valence-electron chi connectivity index (χ2n) is 4.11. The van der Waals surface area contributed by atoms with E-state index in [4.69, 9.17) is 14.3 Å². The number of nitrogens with zero attached hydrogens (tertiary/aromatic N) is 1. The summed E-state index contributed by atoms with van der Waals surface area (Å²) < 4.78 is 9.92. The van der Waals surface area contributed by atoms with E-state index in [2.05, 4.69) is 5.16 Å². The second kappa shape index (κ2) is 9.49. The minimum Gasteiger partial charge on any atom is -0.388 e. The molecule has 1 atom stereocenters. The van der Waals surface area contributed by atoms with Crippen LogP contribution in [0.15, 0.2) is 35.5 Å². The van der Waals surface area contributed by atoms with Crippen LogP contribution in [0.1, 0.15) is 25.0 Å². The second-order valence-corrected chi connectivity index (χ2v) is 4.11. The summed E-state index contributed by atoms with van der Waals surface area (Å²) in [4.78, 5) is 4.98. The van der Waals surface area contributed by atoms with Gasteiger partial charge in [0.15, 0.2) is 0 Å². The fourth-order valence-corrected chi connectivity index (χ4v) is 1.49. The van der Waals surface area contributed by atoms with Crippen molar-refractivity contribution in [3.8, 4) is 0 Å². The Morgan fingerprint density at radius 2 is 2.00 bits per heavy atom. The number of hydrogen-bond acceptors (Lipinski definition) is 5. The Kier molecular flexibility index (Phi) is 7.81. The largest absolute Gasteiger partial charge is 0.388 e. The van der Waals surface area contributed by atoms with Crippen LogP contribution in [-0.4, -0.2) is 37.9 Å². The first-order valence-electron chi connectivity index (χ1n) is 6.19. The third-order valence-electron chi connectivity index (χ3n) is 2.46. The maximum Gasteiger partial charge on any atom is 0.216 e. The maximum absolute atomic E-state index is 9.98.